The van der Waals surface area contributed by atoms with E-state index in [0.29, 0.717) is 6.61 Å². The topological polar surface area (TPSA) is 51.5 Å². The Labute approximate surface area is 143 Å². The van der Waals surface area contributed by atoms with Crippen molar-refractivity contribution in [2.75, 3.05) is 13.2 Å². The highest BCUT2D eigenvalue weighted by Crippen LogP contribution is 2.23. The van der Waals surface area contributed by atoms with E-state index in [0.717, 1.165) is 50.8 Å². The van der Waals surface area contributed by atoms with Crippen LogP contribution in [0.4, 0.5) is 0 Å². The van der Waals surface area contributed by atoms with Gasteiger partial charge < -0.3 is 14.2 Å². The summed E-state index contributed by atoms with van der Waals surface area (Å²) in [6.45, 7) is 1.19. The molecule has 0 saturated carbocycles. The van der Waals surface area contributed by atoms with Crippen LogP contribution in [-0.2, 0) is 16.6 Å². The largest absolute Gasteiger partial charge is 0.465 e. The van der Waals surface area contributed by atoms with Crippen LogP contribution in [0.25, 0.3) is 0 Å². The summed E-state index contributed by atoms with van der Waals surface area (Å²) in [6.07, 6.45) is 11.4. The number of piperidine rings is 1. The lowest BCUT2D eigenvalue weighted by Gasteiger charge is -2.35. The molecule has 1 aliphatic heterocycles. The Morgan fingerprint density at radius 1 is 1.25 bits per heavy atom. The Kier molecular flexibility index (Phi) is 5.38. The highest BCUT2D eigenvalue weighted by molar-refractivity contribution is 5.93. The van der Waals surface area contributed by atoms with Gasteiger partial charge in [-0.25, -0.2) is 0 Å². The molecule has 0 N–H and O–H groups in total. The van der Waals surface area contributed by atoms with Crippen molar-refractivity contribution in [1.82, 2.24) is 9.47 Å². The molecular formula is C19H26N2O3. The smallest absolute Gasteiger partial charge is 0.309 e. The Morgan fingerprint density at radius 2 is 2.04 bits per heavy atom. The normalized spacial score (nSPS) is 21.2. The molecule has 3 rings (SSSR count). The van der Waals surface area contributed by atoms with E-state index in [1.807, 2.05) is 47.0 Å². The van der Waals surface area contributed by atoms with E-state index in [-0.39, 0.29) is 23.8 Å². The van der Waals surface area contributed by atoms with Gasteiger partial charge in [-0.15, -0.1) is 0 Å². The lowest BCUT2D eigenvalue weighted by molar-refractivity contribution is -0.148. The Bertz CT molecular complexity index is 612. The van der Waals surface area contributed by atoms with Crippen LogP contribution < -0.4 is 0 Å². The van der Waals surface area contributed by atoms with Crippen molar-refractivity contribution >= 4 is 11.9 Å². The molecule has 5 heteroatoms. The molecule has 1 fully saturated rings. The average Bonchev–Trinajstić information content (AvgIpc) is 3.26. The lowest BCUT2D eigenvalue weighted by Crippen LogP contribution is -2.44. The zero-order valence-electron chi connectivity index (χ0n) is 14.3. The molecule has 1 saturated heterocycles. The van der Waals surface area contributed by atoms with Crippen molar-refractivity contribution < 1.29 is 14.3 Å². The van der Waals surface area contributed by atoms with Crippen LogP contribution in [0.3, 0.4) is 0 Å². The molecule has 1 amide bonds. The molecule has 2 heterocycles. The third-order valence-electron chi connectivity index (χ3n) is 5.09. The molecule has 130 valence electrons. The fraction of sp³-hybridized carbons (Fsp3) is 0.579. The van der Waals surface area contributed by atoms with Gasteiger partial charge in [0, 0.05) is 32.3 Å². The van der Waals surface area contributed by atoms with Crippen molar-refractivity contribution in [3.63, 3.8) is 0 Å². The van der Waals surface area contributed by atoms with Gasteiger partial charge in [-0.3, -0.25) is 9.59 Å². The van der Waals surface area contributed by atoms with Crippen molar-refractivity contribution in [2.45, 2.75) is 44.6 Å². The number of rotatable bonds is 5. The summed E-state index contributed by atoms with van der Waals surface area (Å²) in [5.41, 5.74) is 0.718. The minimum atomic E-state index is -0.101. The van der Waals surface area contributed by atoms with E-state index in [1.165, 1.54) is 0 Å². The number of hydrogen-bond acceptors (Lipinski definition) is 3. The zero-order chi connectivity index (χ0) is 16.9. The first kappa shape index (κ1) is 16.8. The van der Waals surface area contributed by atoms with Crippen LogP contribution in [0.1, 0.15) is 49.0 Å². The lowest BCUT2D eigenvalue weighted by atomic mass is 9.99. The summed E-state index contributed by atoms with van der Waals surface area (Å²) in [5, 5.41) is 0. The monoisotopic (exact) mass is 330 g/mol. The number of esters is 1. The van der Waals surface area contributed by atoms with E-state index < -0.39 is 0 Å². The number of aryl methyl sites for hydroxylation is 1. The Balaban J connectivity index is 1.53. The number of carbonyl (C=O) groups is 2. The molecular weight excluding hydrogens is 304 g/mol. The first-order valence-electron chi connectivity index (χ1n) is 8.90. The summed E-state index contributed by atoms with van der Waals surface area (Å²) < 4.78 is 7.31. The molecule has 1 atom stereocenters. The predicted octanol–water partition coefficient (Wildman–Crippen LogP) is 2.92. The highest BCUT2D eigenvalue weighted by Gasteiger charge is 2.29. The fourth-order valence-corrected chi connectivity index (χ4v) is 3.62. The second kappa shape index (κ2) is 7.69. The van der Waals surface area contributed by atoms with E-state index >= 15 is 0 Å². The number of amides is 1. The highest BCUT2D eigenvalue weighted by atomic mass is 16.5. The van der Waals surface area contributed by atoms with Crippen molar-refractivity contribution in [1.29, 1.82) is 0 Å². The number of likely N-dealkylation sites (tertiary alicyclic amines) is 1. The number of hydrogen-bond donors (Lipinski definition) is 0. The van der Waals surface area contributed by atoms with E-state index in [9.17, 15) is 9.59 Å². The molecule has 1 aromatic heterocycles. The van der Waals surface area contributed by atoms with Crippen LogP contribution in [0, 0.1) is 5.92 Å². The predicted molar refractivity (Wildman–Crippen MR) is 91.5 cm³/mol. The van der Waals surface area contributed by atoms with E-state index in [2.05, 4.69) is 0 Å². The van der Waals surface area contributed by atoms with Gasteiger partial charge in [-0.2, -0.15) is 0 Å². The number of allylic oxidation sites excluding steroid dienone is 2. The quantitative estimate of drug-likeness (QED) is 0.616. The average molecular weight is 330 g/mol. The van der Waals surface area contributed by atoms with E-state index in [4.69, 9.17) is 4.74 Å². The molecule has 5 nitrogen and oxygen atoms in total. The summed E-state index contributed by atoms with van der Waals surface area (Å²) in [5.74, 6) is -0.0212. The third kappa shape index (κ3) is 3.71. The maximum Gasteiger partial charge on any atom is 0.309 e. The van der Waals surface area contributed by atoms with Gasteiger partial charge in [-0.05, 0) is 44.2 Å². The van der Waals surface area contributed by atoms with Crippen molar-refractivity contribution in [3.8, 4) is 0 Å². The van der Waals surface area contributed by atoms with Gasteiger partial charge in [0.15, 0.2) is 0 Å². The SMILES string of the molecule is Cn1cccc1C(=O)N1CCCC[C@H]1CCOC(=O)C1CC=CC1. The van der Waals surface area contributed by atoms with Crippen LogP contribution in [-0.4, -0.2) is 40.5 Å². The Hall–Kier alpha value is -2.04. The second-order valence-corrected chi connectivity index (χ2v) is 6.75. The molecule has 0 aromatic carbocycles. The summed E-state index contributed by atoms with van der Waals surface area (Å²) in [7, 11) is 1.89. The zero-order valence-corrected chi connectivity index (χ0v) is 14.3. The summed E-state index contributed by atoms with van der Waals surface area (Å²) >= 11 is 0. The Morgan fingerprint density at radius 3 is 2.75 bits per heavy atom. The fourth-order valence-electron chi connectivity index (χ4n) is 3.62. The van der Waals surface area contributed by atoms with Gasteiger partial charge in [0.2, 0.25) is 0 Å². The maximum absolute atomic E-state index is 12.8. The number of nitrogens with zero attached hydrogens (tertiary/aromatic N) is 2. The first-order chi connectivity index (χ1) is 11.7. The molecule has 24 heavy (non-hydrogen) atoms. The molecule has 0 spiro atoms. The van der Waals surface area contributed by atoms with Crippen LogP contribution in [0.2, 0.25) is 0 Å². The molecule has 2 aliphatic rings. The number of ether oxygens (including phenoxy) is 1. The van der Waals surface area contributed by atoms with Gasteiger partial charge in [0.05, 0.1) is 12.5 Å². The summed E-state index contributed by atoms with van der Waals surface area (Å²) in [4.78, 5) is 26.7. The summed E-state index contributed by atoms with van der Waals surface area (Å²) in [6, 6.07) is 3.92. The standard InChI is InChI=1S/C19H26N2O3/c1-20-12-6-10-17(20)18(22)21-13-5-4-9-16(21)11-14-24-19(23)15-7-2-3-8-15/h2-3,6,10,12,15-16H,4-5,7-9,11,13-14H2,1H3/t16-/m0/s1. The van der Waals surface area contributed by atoms with Crippen molar-refractivity contribution in [3.05, 3.63) is 36.2 Å². The maximum atomic E-state index is 12.8. The number of carbonyl (C=O) groups excluding carboxylic acids is 2. The van der Waals surface area contributed by atoms with Gasteiger partial charge >= 0.3 is 5.97 Å². The van der Waals surface area contributed by atoms with E-state index in [1.54, 1.807) is 0 Å². The van der Waals surface area contributed by atoms with Gasteiger partial charge in [0.25, 0.3) is 5.91 Å². The van der Waals surface area contributed by atoms with Crippen molar-refractivity contribution in [2.24, 2.45) is 13.0 Å². The second-order valence-electron chi connectivity index (χ2n) is 6.75. The first-order valence-corrected chi connectivity index (χ1v) is 8.90. The molecule has 1 aliphatic carbocycles. The van der Waals surface area contributed by atoms with Crippen LogP contribution in [0.15, 0.2) is 30.5 Å². The molecule has 0 radical (unpaired) electrons. The van der Waals surface area contributed by atoms with Gasteiger partial charge in [-0.1, -0.05) is 12.2 Å². The minimum Gasteiger partial charge on any atom is -0.465 e. The van der Waals surface area contributed by atoms with Gasteiger partial charge in [0.1, 0.15) is 5.69 Å². The molecule has 1 aromatic rings. The minimum absolute atomic E-state index is 0.00235. The molecule has 0 bridgehead atoms. The number of aromatic nitrogens is 1. The third-order valence-corrected chi connectivity index (χ3v) is 5.09. The van der Waals surface area contributed by atoms with Crippen LogP contribution in [0.5, 0.6) is 0 Å². The van der Waals surface area contributed by atoms with Crippen LogP contribution >= 0.6 is 0 Å². The molecule has 0 unspecified atom stereocenters.